The molecule has 2 N–H and O–H groups in total. The van der Waals surface area contributed by atoms with Crippen LogP contribution in [0.25, 0.3) is 0 Å². The molecule has 0 amide bonds. The van der Waals surface area contributed by atoms with Crippen LogP contribution in [-0.2, 0) is 16.9 Å². The van der Waals surface area contributed by atoms with Gasteiger partial charge in [0.05, 0.1) is 32.8 Å². The Hall–Kier alpha value is -2.49. The van der Waals surface area contributed by atoms with E-state index in [-0.39, 0.29) is 44.2 Å². The molecule has 39 heavy (non-hydrogen) atoms. The van der Waals surface area contributed by atoms with E-state index in [0.717, 1.165) is 13.0 Å². The van der Waals surface area contributed by atoms with Crippen LogP contribution in [0.4, 0.5) is 27.0 Å². The van der Waals surface area contributed by atoms with Crippen molar-refractivity contribution in [3.05, 3.63) is 52.7 Å². The molecule has 0 saturated carbocycles. The van der Waals surface area contributed by atoms with E-state index < -0.39 is 18.7 Å². The van der Waals surface area contributed by atoms with Crippen molar-refractivity contribution in [1.29, 1.82) is 0 Å². The van der Waals surface area contributed by atoms with E-state index in [1.54, 1.807) is 7.11 Å². The second kappa shape index (κ2) is 12.8. The SMILES string of the molecule is COc1cc2c(cc1Nc1ncc(Cl)c(Nc3cc(OS(=O)(=O)F)ccc3OP(C)C)n1)C(C)N(C)CC2.P. The fourth-order valence-corrected chi connectivity index (χ4v) is 5.08. The lowest BCUT2D eigenvalue weighted by atomic mass is 9.93. The normalized spacial score (nSPS) is 15.2. The Labute approximate surface area is 237 Å². The summed E-state index contributed by atoms with van der Waals surface area (Å²) in [7, 11) is -2.36. The van der Waals surface area contributed by atoms with Gasteiger partial charge in [-0.05, 0) is 69.1 Å². The van der Waals surface area contributed by atoms with Crippen LogP contribution in [0.5, 0.6) is 17.2 Å². The summed E-state index contributed by atoms with van der Waals surface area (Å²) in [6.07, 6.45) is 2.34. The minimum atomic E-state index is -5.21. The minimum absolute atomic E-state index is 0. The third kappa shape index (κ3) is 7.80. The summed E-state index contributed by atoms with van der Waals surface area (Å²) in [5.41, 5.74) is 3.38. The van der Waals surface area contributed by atoms with Crippen molar-refractivity contribution in [2.75, 3.05) is 44.7 Å². The summed E-state index contributed by atoms with van der Waals surface area (Å²) >= 11 is 6.37. The van der Waals surface area contributed by atoms with Gasteiger partial charge in [-0.2, -0.15) is 23.3 Å². The van der Waals surface area contributed by atoms with Crippen molar-refractivity contribution in [1.82, 2.24) is 14.9 Å². The summed E-state index contributed by atoms with van der Waals surface area (Å²) in [6, 6.07) is 8.33. The Morgan fingerprint density at radius 2 is 1.87 bits per heavy atom. The standard InChI is InChI=1S/C24H28ClFN5O5PS.H3P/c1-14-17-12-20(22(34-3)10-15(17)8-9-31(14)2)29-24-27-13-18(25)23(30-24)28-19-11-16(36-38(26,32)33)6-7-21(19)35-37(4)5;/h6-7,10-14H,8-9H2,1-5H3,(H2,27,28,29,30);1H3. The molecule has 0 aliphatic carbocycles. The smallest absolute Gasteiger partial charge is 0.488 e. The van der Waals surface area contributed by atoms with E-state index in [9.17, 15) is 12.3 Å². The van der Waals surface area contributed by atoms with Crippen LogP contribution in [-0.4, -0.2) is 57.3 Å². The van der Waals surface area contributed by atoms with E-state index in [2.05, 4.69) is 43.7 Å². The maximum Gasteiger partial charge on any atom is 0.488 e. The quantitative estimate of drug-likeness (QED) is 0.223. The van der Waals surface area contributed by atoms with Crippen LogP contribution in [0.3, 0.4) is 0 Å². The molecule has 2 unspecified atom stereocenters. The second-order valence-electron chi connectivity index (χ2n) is 8.84. The maximum atomic E-state index is 13.1. The molecule has 0 bridgehead atoms. The highest BCUT2D eigenvalue weighted by Gasteiger charge is 2.23. The molecular weight excluding hydrogens is 587 g/mol. The van der Waals surface area contributed by atoms with Crippen molar-refractivity contribution < 1.29 is 25.7 Å². The fraction of sp³-hybridized carbons (Fsp3) is 0.333. The monoisotopic (exact) mass is 617 g/mol. The molecule has 0 radical (unpaired) electrons. The zero-order valence-corrected chi connectivity index (χ0v) is 26.0. The van der Waals surface area contributed by atoms with Crippen molar-refractivity contribution in [2.24, 2.45) is 0 Å². The van der Waals surface area contributed by atoms with Crippen LogP contribution < -0.4 is 24.1 Å². The van der Waals surface area contributed by atoms with Gasteiger partial charge in [-0.1, -0.05) is 15.5 Å². The van der Waals surface area contributed by atoms with Gasteiger partial charge >= 0.3 is 10.5 Å². The van der Waals surface area contributed by atoms with Crippen molar-refractivity contribution in [2.45, 2.75) is 19.4 Å². The molecular formula is C24H31ClFN5O5P2S. The molecule has 0 spiro atoms. The van der Waals surface area contributed by atoms with Crippen LogP contribution in [0.1, 0.15) is 24.1 Å². The fourth-order valence-electron chi connectivity index (χ4n) is 4.05. The molecule has 0 fully saturated rings. The molecule has 4 rings (SSSR count). The summed E-state index contributed by atoms with van der Waals surface area (Å²) < 4.78 is 50.9. The first kappa shape index (κ1) is 31.0. The van der Waals surface area contributed by atoms with Gasteiger partial charge in [0.2, 0.25) is 5.95 Å². The lowest BCUT2D eigenvalue weighted by Gasteiger charge is -2.33. The number of rotatable bonds is 9. The van der Waals surface area contributed by atoms with Gasteiger partial charge in [-0.15, -0.1) is 0 Å². The molecule has 1 aliphatic rings. The Kier molecular flexibility index (Phi) is 10.2. The topological polar surface area (TPSA) is 115 Å². The summed E-state index contributed by atoms with van der Waals surface area (Å²) in [5.74, 6) is 1.22. The molecule has 1 aliphatic heterocycles. The molecule has 2 heterocycles. The molecule has 0 saturated heterocycles. The predicted molar refractivity (Wildman–Crippen MR) is 159 cm³/mol. The highest BCUT2D eigenvalue weighted by Crippen LogP contribution is 2.40. The predicted octanol–water partition coefficient (Wildman–Crippen LogP) is 5.86. The van der Waals surface area contributed by atoms with Crippen LogP contribution in [0.15, 0.2) is 36.5 Å². The highest BCUT2D eigenvalue weighted by atomic mass is 35.5. The summed E-state index contributed by atoms with van der Waals surface area (Å²) in [6.45, 7) is 6.89. The molecule has 15 heteroatoms. The molecule has 212 valence electrons. The number of methoxy groups -OCH3 is 1. The zero-order chi connectivity index (χ0) is 27.6. The minimum Gasteiger partial charge on any atom is -0.495 e. The summed E-state index contributed by atoms with van der Waals surface area (Å²) in [5, 5.41) is 6.41. The summed E-state index contributed by atoms with van der Waals surface area (Å²) in [4.78, 5) is 11.1. The number of nitrogens with zero attached hydrogens (tertiary/aromatic N) is 3. The number of hydrogen-bond acceptors (Lipinski definition) is 10. The van der Waals surface area contributed by atoms with Crippen LogP contribution >= 0.6 is 29.6 Å². The number of nitrogens with one attached hydrogen (secondary N) is 2. The van der Waals surface area contributed by atoms with E-state index >= 15 is 0 Å². The lowest BCUT2D eigenvalue weighted by molar-refractivity contribution is 0.247. The average molecular weight is 618 g/mol. The number of likely N-dealkylation sites (N-methyl/N-ethyl adjacent to an activating group) is 1. The van der Waals surface area contributed by atoms with E-state index in [4.69, 9.17) is 20.9 Å². The van der Waals surface area contributed by atoms with E-state index in [1.165, 1.54) is 35.5 Å². The van der Waals surface area contributed by atoms with E-state index in [1.807, 2.05) is 25.5 Å². The number of fused-ring (bicyclic) bond motifs is 1. The molecule has 2 atom stereocenters. The Bertz CT molecular complexity index is 1450. The Morgan fingerprint density at radius 1 is 1.15 bits per heavy atom. The first-order chi connectivity index (χ1) is 17.9. The van der Waals surface area contributed by atoms with Gasteiger partial charge < -0.3 is 24.1 Å². The Balaban J connectivity index is 0.00000420. The number of hydrogen-bond donors (Lipinski definition) is 2. The lowest BCUT2D eigenvalue weighted by Crippen LogP contribution is -2.30. The maximum absolute atomic E-state index is 13.1. The van der Waals surface area contributed by atoms with Crippen LogP contribution in [0.2, 0.25) is 5.02 Å². The largest absolute Gasteiger partial charge is 0.495 e. The van der Waals surface area contributed by atoms with Crippen molar-refractivity contribution in [3.8, 4) is 17.2 Å². The number of ether oxygens (including phenoxy) is 1. The van der Waals surface area contributed by atoms with Crippen LogP contribution in [0, 0.1) is 0 Å². The van der Waals surface area contributed by atoms with Crippen molar-refractivity contribution in [3.63, 3.8) is 0 Å². The molecule has 3 aromatic rings. The second-order valence-corrected chi connectivity index (χ2v) is 12.0. The number of aromatic nitrogens is 2. The first-order valence-electron chi connectivity index (χ1n) is 11.5. The molecule has 2 aromatic carbocycles. The number of anilines is 4. The third-order valence-corrected chi connectivity index (χ3v) is 7.21. The zero-order valence-electron chi connectivity index (χ0n) is 22.2. The van der Waals surface area contributed by atoms with Gasteiger partial charge in [-0.3, -0.25) is 4.90 Å². The molecule has 10 nitrogen and oxygen atoms in total. The highest BCUT2D eigenvalue weighted by molar-refractivity contribution is 7.81. The van der Waals surface area contributed by atoms with Crippen molar-refractivity contribution >= 4 is 63.3 Å². The van der Waals surface area contributed by atoms with Gasteiger partial charge in [0, 0.05) is 18.7 Å². The van der Waals surface area contributed by atoms with E-state index in [0.29, 0.717) is 17.2 Å². The first-order valence-corrected chi connectivity index (χ1v) is 15.4. The Morgan fingerprint density at radius 3 is 2.54 bits per heavy atom. The third-order valence-electron chi connectivity index (χ3n) is 5.98. The number of benzene rings is 2. The average Bonchev–Trinajstić information content (AvgIpc) is 2.84. The molecule has 1 aromatic heterocycles. The van der Waals surface area contributed by atoms with Gasteiger partial charge in [-0.25, -0.2) is 4.98 Å². The number of halogens is 2. The van der Waals surface area contributed by atoms with Gasteiger partial charge in [0.25, 0.3) is 0 Å². The van der Waals surface area contributed by atoms with Gasteiger partial charge in [0.1, 0.15) is 22.3 Å². The van der Waals surface area contributed by atoms with Gasteiger partial charge in [0.15, 0.2) is 5.82 Å².